The van der Waals surface area contributed by atoms with Crippen molar-refractivity contribution >= 4 is 17.6 Å². The van der Waals surface area contributed by atoms with Gasteiger partial charge in [0.05, 0.1) is 6.61 Å². The molecule has 1 saturated heterocycles. The zero-order chi connectivity index (χ0) is 25.3. The van der Waals surface area contributed by atoms with Gasteiger partial charge in [-0.05, 0) is 79.3 Å². The Bertz CT molecular complexity index is 1160. The molecule has 0 spiro atoms. The number of benzene rings is 3. The Kier molecular flexibility index (Phi) is 8.61. The van der Waals surface area contributed by atoms with Gasteiger partial charge in [-0.1, -0.05) is 43.3 Å². The van der Waals surface area contributed by atoms with Crippen molar-refractivity contribution in [1.29, 1.82) is 0 Å². The highest BCUT2D eigenvalue weighted by Crippen LogP contribution is 2.28. The normalized spacial score (nSPS) is 15.3. The van der Waals surface area contributed by atoms with Crippen LogP contribution in [0.4, 0.5) is 10.5 Å². The molecule has 3 aromatic carbocycles. The van der Waals surface area contributed by atoms with Gasteiger partial charge in [0.15, 0.2) is 0 Å². The van der Waals surface area contributed by atoms with Gasteiger partial charge in [-0.15, -0.1) is 0 Å². The highest BCUT2D eigenvalue weighted by molar-refractivity contribution is 5.94. The van der Waals surface area contributed by atoms with Crippen LogP contribution >= 0.6 is 0 Å². The second-order valence-electron chi connectivity index (χ2n) is 9.15. The van der Waals surface area contributed by atoms with Gasteiger partial charge in [-0.25, -0.2) is 4.79 Å². The van der Waals surface area contributed by atoms with E-state index in [9.17, 15) is 9.59 Å². The van der Waals surface area contributed by atoms with E-state index in [-0.39, 0.29) is 17.9 Å². The van der Waals surface area contributed by atoms with Crippen LogP contribution in [0.25, 0.3) is 0 Å². The average molecular weight is 486 g/mol. The number of amides is 3. The van der Waals surface area contributed by atoms with Crippen LogP contribution in [0.15, 0.2) is 72.8 Å². The third-order valence-corrected chi connectivity index (χ3v) is 6.63. The number of carbonyl (C=O) groups is 2. The summed E-state index contributed by atoms with van der Waals surface area (Å²) in [6.45, 7) is 6.52. The Morgan fingerprint density at radius 3 is 2.44 bits per heavy atom. The summed E-state index contributed by atoms with van der Waals surface area (Å²) in [6.07, 6.45) is 2.91. The largest absolute Gasteiger partial charge is 0.494 e. The number of ether oxygens (including phenoxy) is 1. The quantitative estimate of drug-likeness (QED) is 0.412. The lowest BCUT2D eigenvalue weighted by Gasteiger charge is -2.33. The van der Waals surface area contributed by atoms with Crippen LogP contribution in [0, 0.1) is 0 Å². The molecule has 3 amide bonds. The second-order valence-corrected chi connectivity index (χ2v) is 9.15. The van der Waals surface area contributed by atoms with Crippen LogP contribution in [-0.2, 0) is 13.0 Å². The summed E-state index contributed by atoms with van der Waals surface area (Å²) < 4.78 is 5.47. The second kappa shape index (κ2) is 12.2. The maximum Gasteiger partial charge on any atom is 0.321 e. The Morgan fingerprint density at radius 2 is 1.72 bits per heavy atom. The number of carbonyl (C=O) groups excluding carboxylic acids is 2. The smallest absolute Gasteiger partial charge is 0.321 e. The molecule has 0 aromatic heterocycles. The molecule has 4 rings (SSSR count). The number of hydrogen-bond donors (Lipinski definition) is 2. The number of nitrogens with one attached hydrogen (secondary N) is 2. The van der Waals surface area contributed by atoms with Crippen molar-refractivity contribution in [1.82, 2.24) is 10.2 Å². The highest BCUT2D eigenvalue weighted by atomic mass is 16.5. The lowest BCUT2D eigenvalue weighted by atomic mass is 9.89. The van der Waals surface area contributed by atoms with Crippen LogP contribution in [0.3, 0.4) is 0 Å². The molecule has 36 heavy (non-hydrogen) atoms. The van der Waals surface area contributed by atoms with E-state index < -0.39 is 0 Å². The van der Waals surface area contributed by atoms with Crippen molar-refractivity contribution in [2.75, 3.05) is 25.0 Å². The third-order valence-electron chi connectivity index (χ3n) is 6.63. The van der Waals surface area contributed by atoms with Crippen molar-refractivity contribution in [2.45, 2.75) is 45.6 Å². The number of anilines is 1. The first-order chi connectivity index (χ1) is 17.6. The van der Waals surface area contributed by atoms with Gasteiger partial charge in [0.2, 0.25) is 0 Å². The molecule has 0 radical (unpaired) electrons. The summed E-state index contributed by atoms with van der Waals surface area (Å²) >= 11 is 0. The van der Waals surface area contributed by atoms with Crippen LogP contribution in [0.2, 0.25) is 0 Å². The fraction of sp³-hybridized carbons (Fsp3) is 0.333. The fourth-order valence-corrected chi connectivity index (χ4v) is 4.55. The van der Waals surface area contributed by atoms with Crippen molar-refractivity contribution in [3.63, 3.8) is 0 Å². The molecule has 6 heteroatoms. The molecule has 0 aliphatic carbocycles. The molecule has 1 aliphatic rings. The van der Waals surface area contributed by atoms with Gasteiger partial charge in [-0.2, -0.15) is 0 Å². The maximum atomic E-state index is 12.9. The molecule has 6 nitrogen and oxygen atoms in total. The number of piperidine rings is 1. The Labute approximate surface area is 213 Å². The van der Waals surface area contributed by atoms with E-state index in [1.807, 2.05) is 54.3 Å². The molecule has 0 saturated carbocycles. The lowest BCUT2D eigenvalue weighted by Crippen LogP contribution is -2.41. The summed E-state index contributed by atoms with van der Waals surface area (Å²) in [5.74, 6) is 0.892. The van der Waals surface area contributed by atoms with Gasteiger partial charge in [-0.3, -0.25) is 4.79 Å². The molecule has 0 unspecified atom stereocenters. The minimum Gasteiger partial charge on any atom is -0.494 e. The molecule has 1 atom stereocenters. The van der Waals surface area contributed by atoms with Crippen molar-refractivity contribution < 1.29 is 14.3 Å². The highest BCUT2D eigenvalue weighted by Gasteiger charge is 2.25. The number of hydrogen-bond acceptors (Lipinski definition) is 3. The van der Waals surface area contributed by atoms with Gasteiger partial charge >= 0.3 is 6.03 Å². The molecule has 3 aromatic rings. The summed E-state index contributed by atoms with van der Waals surface area (Å²) in [6, 6.07) is 23.4. The van der Waals surface area contributed by atoms with Gasteiger partial charge in [0.25, 0.3) is 5.91 Å². The lowest BCUT2D eigenvalue weighted by molar-refractivity contribution is 0.0950. The van der Waals surface area contributed by atoms with Gasteiger partial charge in [0, 0.05) is 36.8 Å². The van der Waals surface area contributed by atoms with E-state index in [0.717, 1.165) is 48.4 Å². The average Bonchev–Trinajstić information content (AvgIpc) is 2.93. The standard InChI is InChI=1S/C30H35N3O3/c1-3-22-10-12-23(13-11-22)20-31-29(34)25-8-5-7-24(19-25)26-9-6-18-33(21-26)30(35)32-27-14-16-28(17-15-27)36-4-2/h5,7-8,10-17,19,26H,3-4,6,9,18,20-21H2,1-2H3,(H,31,34)(H,32,35)/t26-/m0/s1. The first-order valence-corrected chi connectivity index (χ1v) is 12.8. The number of nitrogens with zero attached hydrogens (tertiary/aromatic N) is 1. The van der Waals surface area contributed by atoms with Crippen LogP contribution in [0.5, 0.6) is 5.75 Å². The molecular weight excluding hydrogens is 450 g/mol. The first kappa shape index (κ1) is 25.3. The minimum absolute atomic E-state index is 0.0858. The summed E-state index contributed by atoms with van der Waals surface area (Å²) in [5, 5.41) is 6.02. The number of likely N-dealkylation sites (tertiary alicyclic amines) is 1. The Hall–Kier alpha value is -3.80. The fourth-order valence-electron chi connectivity index (χ4n) is 4.55. The van der Waals surface area contributed by atoms with Crippen molar-refractivity contribution in [3.05, 3.63) is 95.1 Å². The number of rotatable bonds is 8. The van der Waals surface area contributed by atoms with E-state index in [1.54, 1.807) is 0 Å². The van der Waals surface area contributed by atoms with Crippen LogP contribution in [-0.4, -0.2) is 36.5 Å². The molecular formula is C30H35N3O3. The Balaban J connectivity index is 1.34. The van der Waals surface area contributed by atoms with Crippen LogP contribution in [0.1, 0.15) is 59.7 Å². The van der Waals surface area contributed by atoms with Crippen LogP contribution < -0.4 is 15.4 Å². The van der Waals surface area contributed by atoms with E-state index in [0.29, 0.717) is 25.3 Å². The molecule has 1 fully saturated rings. The molecule has 188 valence electrons. The minimum atomic E-state index is -0.105. The SMILES string of the molecule is CCOc1ccc(NC(=O)N2CCC[C@H](c3cccc(C(=O)NCc4ccc(CC)cc4)c3)C2)cc1. The number of urea groups is 1. The number of aryl methyl sites for hydroxylation is 1. The molecule has 1 heterocycles. The van der Waals surface area contributed by atoms with E-state index in [4.69, 9.17) is 4.74 Å². The summed E-state index contributed by atoms with van der Waals surface area (Å²) in [7, 11) is 0. The van der Waals surface area contributed by atoms with E-state index in [2.05, 4.69) is 47.9 Å². The maximum absolute atomic E-state index is 12.9. The van der Waals surface area contributed by atoms with Crippen molar-refractivity contribution in [2.24, 2.45) is 0 Å². The van der Waals surface area contributed by atoms with Gasteiger partial charge in [0.1, 0.15) is 5.75 Å². The van der Waals surface area contributed by atoms with Crippen molar-refractivity contribution in [3.8, 4) is 5.75 Å². The molecule has 2 N–H and O–H groups in total. The zero-order valence-electron chi connectivity index (χ0n) is 21.1. The summed E-state index contributed by atoms with van der Waals surface area (Å²) in [5.41, 5.74) is 4.85. The topological polar surface area (TPSA) is 70.7 Å². The van der Waals surface area contributed by atoms with E-state index >= 15 is 0 Å². The third kappa shape index (κ3) is 6.66. The molecule has 1 aliphatic heterocycles. The monoisotopic (exact) mass is 485 g/mol. The predicted octanol–water partition coefficient (Wildman–Crippen LogP) is 5.99. The van der Waals surface area contributed by atoms with E-state index in [1.165, 1.54) is 5.56 Å². The predicted molar refractivity (Wildman–Crippen MR) is 144 cm³/mol. The Morgan fingerprint density at radius 1 is 0.972 bits per heavy atom. The first-order valence-electron chi connectivity index (χ1n) is 12.8. The molecule has 0 bridgehead atoms. The zero-order valence-corrected chi connectivity index (χ0v) is 21.1. The van der Waals surface area contributed by atoms with Gasteiger partial charge < -0.3 is 20.3 Å². The summed E-state index contributed by atoms with van der Waals surface area (Å²) in [4.78, 5) is 27.6.